The Labute approximate surface area is 207 Å². The number of carbonyl (C=O) groups is 1. The highest BCUT2D eigenvalue weighted by Crippen LogP contribution is 2.74. The summed E-state index contributed by atoms with van der Waals surface area (Å²) in [5.74, 6) is 1.77. The summed E-state index contributed by atoms with van der Waals surface area (Å²) < 4.78 is 0. The Bertz CT molecular complexity index is 866. The van der Waals surface area contributed by atoms with Gasteiger partial charge in [-0.1, -0.05) is 52.7 Å². The zero-order valence-corrected chi connectivity index (χ0v) is 23.0. The number of Topliss-reactive ketones (excluding diaryl/α,β-unsaturated/α-hetero) is 1. The summed E-state index contributed by atoms with van der Waals surface area (Å²) in [7, 11) is 0. The van der Waals surface area contributed by atoms with Gasteiger partial charge in [-0.15, -0.1) is 0 Å². The van der Waals surface area contributed by atoms with Crippen LogP contribution in [-0.4, -0.2) is 38.9 Å². The van der Waals surface area contributed by atoms with Gasteiger partial charge in [-0.2, -0.15) is 0 Å². The van der Waals surface area contributed by atoms with Gasteiger partial charge in [-0.3, -0.25) is 4.79 Å². The van der Waals surface area contributed by atoms with Crippen LogP contribution >= 0.6 is 0 Å². The Morgan fingerprint density at radius 2 is 1.59 bits per heavy atom. The lowest BCUT2D eigenvalue weighted by Crippen LogP contribution is -2.62. The number of aliphatic hydroxyl groups excluding tert-OH is 2. The molecule has 4 aliphatic carbocycles. The number of fused-ring (bicyclic) bond motifs is 5. The second-order valence-electron chi connectivity index (χ2n) is 14.4. The van der Waals surface area contributed by atoms with E-state index in [1.807, 2.05) is 0 Å². The van der Waals surface area contributed by atoms with Crippen molar-refractivity contribution >= 4 is 5.78 Å². The number of ketones is 1. The van der Waals surface area contributed by atoms with Crippen molar-refractivity contribution in [2.75, 3.05) is 0 Å². The van der Waals surface area contributed by atoms with Gasteiger partial charge in [0.1, 0.15) is 11.9 Å². The third-order valence-electron chi connectivity index (χ3n) is 12.0. The van der Waals surface area contributed by atoms with Gasteiger partial charge in [0.15, 0.2) is 0 Å². The molecule has 3 fully saturated rings. The second kappa shape index (κ2) is 8.15. The summed E-state index contributed by atoms with van der Waals surface area (Å²) >= 11 is 0. The molecule has 4 heteroatoms. The molecular formula is C30H50O4. The van der Waals surface area contributed by atoms with E-state index in [0.29, 0.717) is 24.0 Å². The third kappa shape index (κ3) is 3.60. The molecule has 0 amide bonds. The predicted molar refractivity (Wildman–Crippen MR) is 136 cm³/mol. The lowest BCUT2D eigenvalue weighted by atomic mass is 9.36. The number of carbonyl (C=O) groups excluding carboxylic acids is 1. The maximum Gasteiger partial charge on any atom is 0.138 e. The summed E-state index contributed by atoms with van der Waals surface area (Å²) in [6.07, 6.45) is 7.08. The maximum absolute atomic E-state index is 12.9. The van der Waals surface area contributed by atoms with Crippen molar-refractivity contribution in [1.82, 2.24) is 0 Å². The Balaban J connectivity index is 1.63. The molecule has 34 heavy (non-hydrogen) atoms. The molecule has 0 heterocycles. The first-order valence-corrected chi connectivity index (χ1v) is 13.8. The topological polar surface area (TPSA) is 77.8 Å². The van der Waals surface area contributed by atoms with Gasteiger partial charge >= 0.3 is 0 Å². The molecule has 4 rings (SSSR count). The van der Waals surface area contributed by atoms with E-state index in [9.17, 15) is 20.1 Å². The van der Waals surface area contributed by atoms with Crippen LogP contribution in [0.25, 0.3) is 0 Å². The highest BCUT2D eigenvalue weighted by molar-refractivity contribution is 5.85. The van der Waals surface area contributed by atoms with Crippen LogP contribution in [0.1, 0.15) is 113 Å². The molecule has 194 valence electrons. The van der Waals surface area contributed by atoms with Gasteiger partial charge < -0.3 is 15.3 Å². The van der Waals surface area contributed by atoms with Crippen LogP contribution in [0.2, 0.25) is 0 Å². The minimum absolute atomic E-state index is 0.166. The molecule has 0 aromatic carbocycles. The average molecular weight is 475 g/mol. The fourth-order valence-corrected chi connectivity index (χ4v) is 9.70. The Kier molecular flexibility index (Phi) is 6.32. The number of allylic oxidation sites excluding steroid dienone is 2. The molecule has 8 atom stereocenters. The quantitative estimate of drug-likeness (QED) is 0.439. The molecule has 0 aliphatic heterocycles. The van der Waals surface area contributed by atoms with Crippen molar-refractivity contribution in [2.24, 2.45) is 39.4 Å². The van der Waals surface area contributed by atoms with Gasteiger partial charge in [-0.05, 0) is 99.2 Å². The van der Waals surface area contributed by atoms with E-state index < -0.39 is 17.8 Å². The van der Waals surface area contributed by atoms with Crippen LogP contribution in [0.4, 0.5) is 0 Å². The summed E-state index contributed by atoms with van der Waals surface area (Å²) in [4.78, 5) is 12.9. The van der Waals surface area contributed by atoms with Gasteiger partial charge in [0, 0.05) is 11.8 Å². The monoisotopic (exact) mass is 474 g/mol. The van der Waals surface area contributed by atoms with Crippen molar-refractivity contribution in [1.29, 1.82) is 0 Å². The smallest absolute Gasteiger partial charge is 0.138 e. The fraction of sp³-hybridized carbons (Fsp3) is 0.900. The number of rotatable bonds is 5. The molecule has 0 bridgehead atoms. The largest absolute Gasteiger partial charge is 0.390 e. The zero-order chi connectivity index (χ0) is 25.5. The van der Waals surface area contributed by atoms with Crippen LogP contribution in [0.15, 0.2) is 11.1 Å². The zero-order valence-electron chi connectivity index (χ0n) is 23.0. The van der Waals surface area contributed by atoms with Gasteiger partial charge in [0.2, 0.25) is 0 Å². The Morgan fingerprint density at radius 1 is 0.941 bits per heavy atom. The van der Waals surface area contributed by atoms with Gasteiger partial charge in [0.05, 0.1) is 11.7 Å². The van der Waals surface area contributed by atoms with Crippen LogP contribution < -0.4 is 0 Å². The normalized spacial score (nSPS) is 42.5. The predicted octanol–water partition coefficient (Wildman–Crippen LogP) is 5.82. The van der Waals surface area contributed by atoms with Crippen LogP contribution in [0, 0.1) is 39.4 Å². The van der Waals surface area contributed by atoms with Crippen molar-refractivity contribution in [3.8, 4) is 0 Å². The van der Waals surface area contributed by atoms with Gasteiger partial charge in [0.25, 0.3) is 0 Å². The summed E-state index contributed by atoms with van der Waals surface area (Å²) in [6, 6.07) is 0. The molecule has 3 N–H and O–H groups in total. The third-order valence-corrected chi connectivity index (χ3v) is 12.0. The molecule has 0 radical (unpaired) electrons. The van der Waals surface area contributed by atoms with Gasteiger partial charge in [-0.25, -0.2) is 0 Å². The number of aliphatic hydroxyl groups is 3. The van der Waals surface area contributed by atoms with Crippen molar-refractivity contribution in [3.05, 3.63) is 11.1 Å². The van der Waals surface area contributed by atoms with E-state index in [4.69, 9.17) is 0 Å². The Morgan fingerprint density at radius 3 is 2.21 bits per heavy atom. The highest BCUT2D eigenvalue weighted by Gasteiger charge is 2.66. The minimum Gasteiger partial charge on any atom is -0.390 e. The molecule has 4 nitrogen and oxygen atoms in total. The Hall–Kier alpha value is -0.710. The minimum atomic E-state index is -1.31. The van der Waals surface area contributed by atoms with Crippen LogP contribution in [0.3, 0.4) is 0 Å². The molecular weight excluding hydrogens is 424 g/mol. The van der Waals surface area contributed by atoms with E-state index in [2.05, 4.69) is 41.5 Å². The van der Waals surface area contributed by atoms with E-state index in [1.165, 1.54) is 24.8 Å². The summed E-state index contributed by atoms with van der Waals surface area (Å²) in [6.45, 7) is 17.3. The number of hydrogen-bond acceptors (Lipinski definition) is 4. The maximum atomic E-state index is 12.9. The first-order valence-electron chi connectivity index (χ1n) is 13.8. The first-order chi connectivity index (χ1) is 15.5. The molecule has 0 saturated heterocycles. The molecule has 4 aliphatic rings. The van der Waals surface area contributed by atoms with Crippen molar-refractivity contribution in [3.63, 3.8) is 0 Å². The van der Waals surface area contributed by atoms with E-state index in [0.717, 1.165) is 32.1 Å². The van der Waals surface area contributed by atoms with E-state index in [-0.39, 0.29) is 27.6 Å². The fourth-order valence-electron chi connectivity index (χ4n) is 9.70. The molecule has 3 saturated carbocycles. The summed E-state index contributed by atoms with van der Waals surface area (Å²) in [5.41, 5.74) is 2.22. The molecule has 0 spiro atoms. The van der Waals surface area contributed by atoms with Crippen molar-refractivity contribution in [2.45, 2.75) is 131 Å². The summed E-state index contributed by atoms with van der Waals surface area (Å²) in [5, 5.41) is 31.2. The SMILES string of the molecule is C[C@H](C[C@H](O)[C@@H](O)C(C)(C)O)C1=C2CC[C@H]3[C@@]4(C)CCC(=O)C(C)(C)[C@@H]4CC[C@]3(C)[C@@]2(C)CC1. The highest BCUT2D eigenvalue weighted by atomic mass is 16.4. The first kappa shape index (κ1) is 26.4. The second-order valence-corrected chi connectivity index (χ2v) is 14.4. The lowest BCUT2D eigenvalue weighted by Gasteiger charge is -2.68. The number of hydrogen-bond donors (Lipinski definition) is 3. The average Bonchev–Trinajstić information content (AvgIpc) is 3.08. The molecule has 0 aromatic heterocycles. The lowest BCUT2D eigenvalue weighted by molar-refractivity contribution is -0.180. The van der Waals surface area contributed by atoms with Crippen LogP contribution in [0.5, 0.6) is 0 Å². The van der Waals surface area contributed by atoms with E-state index in [1.54, 1.807) is 19.4 Å². The molecule has 0 aromatic rings. The molecule has 0 unspecified atom stereocenters. The standard InChI is InChI=1S/C30H50O4/c1-18(17-21(31)25(33)27(4,5)34)19-11-15-29(7)20(19)9-10-23-28(6)14-13-24(32)26(2,3)22(28)12-16-30(23,29)8/h18,21-23,25,31,33-34H,9-17H2,1-8H3/t18-,21+,22+,23+,25-,28+,29+,30+/m1/s1. The van der Waals surface area contributed by atoms with Crippen LogP contribution in [-0.2, 0) is 4.79 Å². The van der Waals surface area contributed by atoms with Crippen molar-refractivity contribution < 1.29 is 20.1 Å². The van der Waals surface area contributed by atoms with E-state index >= 15 is 0 Å².